The van der Waals surface area contributed by atoms with Gasteiger partial charge in [0.15, 0.2) is 6.10 Å². The zero-order valence-electron chi connectivity index (χ0n) is 10.6. The van der Waals surface area contributed by atoms with Crippen LogP contribution in [0.15, 0.2) is 24.3 Å². The Morgan fingerprint density at radius 1 is 1.42 bits per heavy atom. The highest BCUT2D eigenvalue weighted by Gasteiger charge is 2.26. The van der Waals surface area contributed by atoms with Gasteiger partial charge in [-0.3, -0.25) is 9.59 Å². The summed E-state index contributed by atoms with van der Waals surface area (Å²) in [5, 5.41) is 3.28. The second-order valence-corrected chi connectivity index (χ2v) is 4.76. The van der Waals surface area contributed by atoms with Crippen LogP contribution in [0.5, 0.6) is 5.75 Å². The highest BCUT2D eigenvalue weighted by molar-refractivity contribution is 6.30. The molecule has 0 aliphatic carbocycles. The van der Waals surface area contributed by atoms with E-state index >= 15 is 0 Å². The third-order valence-corrected chi connectivity index (χ3v) is 3.08. The van der Waals surface area contributed by atoms with Crippen LogP contribution in [0.25, 0.3) is 0 Å². The van der Waals surface area contributed by atoms with Crippen molar-refractivity contribution in [2.75, 3.05) is 19.6 Å². The first-order valence-electron chi connectivity index (χ1n) is 6.04. The molecule has 2 amide bonds. The summed E-state index contributed by atoms with van der Waals surface area (Å²) in [6.07, 6.45) is -0.632. The van der Waals surface area contributed by atoms with Crippen molar-refractivity contribution in [1.29, 1.82) is 0 Å². The molecule has 0 bridgehead atoms. The Hall–Kier alpha value is -1.75. The summed E-state index contributed by atoms with van der Waals surface area (Å²) in [6.45, 7) is 2.76. The molecule has 19 heavy (non-hydrogen) atoms. The fourth-order valence-electron chi connectivity index (χ4n) is 1.85. The van der Waals surface area contributed by atoms with Gasteiger partial charge in [-0.15, -0.1) is 0 Å². The molecule has 1 saturated heterocycles. The van der Waals surface area contributed by atoms with Gasteiger partial charge < -0.3 is 15.0 Å². The lowest BCUT2D eigenvalue weighted by Crippen LogP contribution is -2.53. The Bertz CT molecular complexity index is 475. The van der Waals surface area contributed by atoms with Gasteiger partial charge in [-0.1, -0.05) is 11.6 Å². The second-order valence-electron chi connectivity index (χ2n) is 4.32. The van der Waals surface area contributed by atoms with E-state index in [1.54, 1.807) is 31.2 Å². The quantitative estimate of drug-likeness (QED) is 0.902. The maximum Gasteiger partial charge on any atom is 0.263 e. The zero-order chi connectivity index (χ0) is 13.8. The van der Waals surface area contributed by atoms with Crippen molar-refractivity contribution < 1.29 is 14.3 Å². The summed E-state index contributed by atoms with van der Waals surface area (Å²) >= 11 is 5.77. The molecule has 5 nitrogen and oxygen atoms in total. The van der Waals surface area contributed by atoms with E-state index in [4.69, 9.17) is 16.3 Å². The van der Waals surface area contributed by atoms with Gasteiger partial charge in [-0.2, -0.15) is 0 Å². The van der Waals surface area contributed by atoms with Gasteiger partial charge in [-0.25, -0.2) is 0 Å². The Morgan fingerprint density at radius 3 is 2.74 bits per heavy atom. The fraction of sp³-hybridized carbons (Fsp3) is 0.385. The van der Waals surface area contributed by atoms with Gasteiger partial charge in [0.1, 0.15) is 5.75 Å². The maximum absolute atomic E-state index is 12.1. The third kappa shape index (κ3) is 3.61. The molecule has 2 rings (SSSR count). The van der Waals surface area contributed by atoms with Gasteiger partial charge in [0.25, 0.3) is 5.91 Å². The molecule has 0 spiro atoms. The molecular weight excluding hydrogens is 268 g/mol. The number of carbonyl (C=O) groups excluding carboxylic acids is 2. The summed E-state index contributed by atoms with van der Waals surface area (Å²) < 4.78 is 5.54. The van der Waals surface area contributed by atoms with Crippen molar-refractivity contribution >= 4 is 23.4 Å². The van der Waals surface area contributed by atoms with E-state index in [-0.39, 0.29) is 18.4 Å². The number of nitrogens with one attached hydrogen (secondary N) is 1. The average molecular weight is 283 g/mol. The molecule has 1 aliphatic heterocycles. The van der Waals surface area contributed by atoms with E-state index in [1.165, 1.54) is 4.90 Å². The molecule has 0 aromatic heterocycles. The van der Waals surface area contributed by atoms with E-state index in [9.17, 15) is 9.59 Å². The molecule has 0 unspecified atom stereocenters. The van der Waals surface area contributed by atoms with E-state index in [2.05, 4.69) is 5.32 Å². The molecule has 1 aromatic carbocycles. The molecule has 1 aliphatic rings. The lowest BCUT2D eigenvalue weighted by atomic mass is 10.2. The van der Waals surface area contributed by atoms with Crippen molar-refractivity contribution in [2.45, 2.75) is 13.0 Å². The Kier molecular flexibility index (Phi) is 4.27. The van der Waals surface area contributed by atoms with E-state index in [1.807, 2.05) is 0 Å². The predicted octanol–water partition coefficient (Wildman–Crippen LogP) is 1.07. The van der Waals surface area contributed by atoms with Gasteiger partial charge >= 0.3 is 0 Å². The minimum atomic E-state index is -0.632. The summed E-state index contributed by atoms with van der Waals surface area (Å²) in [7, 11) is 0. The van der Waals surface area contributed by atoms with Gasteiger partial charge in [0.05, 0.1) is 6.54 Å². The number of halogens is 1. The lowest BCUT2D eigenvalue weighted by molar-refractivity contribution is -0.143. The van der Waals surface area contributed by atoms with E-state index in [0.717, 1.165) is 0 Å². The summed E-state index contributed by atoms with van der Waals surface area (Å²) in [5.74, 6) is 0.245. The van der Waals surface area contributed by atoms with Crippen LogP contribution in [-0.4, -0.2) is 42.5 Å². The Balaban J connectivity index is 1.95. The Morgan fingerprint density at radius 2 is 2.11 bits per heavy atom. The summed E-state index contributed by atoms with van der Waals surface area (Å²) in [6, 6.07) is 6.80. The highest BCUT2D eigenvalue weighted by Crippen LogP contribution is 2.17. The third-order valence-electron chi connectivity index (χ3n) is 2.82. The van der Waals surface area contributed by atoms with Crippen molar-refractivity contribution in [3.8, 4) is 5.75 Å². The van der Waals surface area contributed by atoms with Crippen LogP contribution in [0, 0.1) is 0 Å². The minimum Gasteiger partial charge on any atom is -0.481 e. The van der Waals surface area contributed by atoms with Crippen LogP contribution in [-0.2, 0) is 9.59 Å². The first kappa shape index (κ1) is 13.7. The fourth-order valence-corrected chi connectivity index (χ4v) is 1.98. The first-order valence-corrected chi connectivity index (χ1v) is 6.42. The number of rotatable bonds is 3. The molecule has 6 heteroatoms. The number of ether oxygens (including phenoxy) is 1. The molecule has 0 radical (unpaired) electrons. The number of nitrogens with zero attached hydrogens (tertiary/aromatic N) is 1. The first-order chi connectivity index (χ1) is 9.06. The highest BCUT2D eigenvalue weighted by atomic mass is 35.5. The number of hydrogen-bond donors (Lipinski definition) is 1. The molecule has 1 heterocycles. The number of benzene rings is 1. The standard InChI is InChI=1S/C13H15ClN2O3/c1-9(19-11-4-2-10(14)3-5-11)13(18)16-7-6-15-12(17)8-16/h2-5,9H,6-8H2,1H3,(H,15,17)/t9-/m0/s1. The van der Waals surface area contributed by atoms with E-state index in [0.29, 0.717) is 23.9 Å². The smallest absolute Gasteiger partial charge is 0.263 e. The topological polar surface area (TPSA) is 58.6 Å². The Labute approximate surface area is 116 Å². The van der Waals surface area contributed by atoms with Crippen LogP contribution in [0.2, 0.25) is 5.02 Å². The molecule has 1 fully saturated rings. The van der Waals surface area contributed by atoms with Gasteiger partial charge in [0.2, 0.25) is 5.91 Å². The second kappa shape index (κ2) is 5.93. The van der Waals surface area contributed by atoms with Crippen LogP contribution in [0.1, 0.15) is 6.92 Å². The minimum absolute atomic E-state index is 0.0904. The molecule has 102 valence electrons. The number of piperazine rings is 1. The molecule has 0 saturated carbocycles. The molecule has 1 atom stereocenters. The SMILES string of the molecule is C[C@H](Oc1ccc(Cl)cc1)C(=O)N1CCNC(=O)C1. The zero-order valence-corrected chi connectivity index (χ0v) is 11.3. The van der Waals surface area contributed by atoms with Gasteiger partial charge in [0, 0.05) is 18.1 Å². The summed E-state index contributed by atoms with van der Waals surface area (Å²) in [5.41, 5.74) is 0. The van der Waals surface area contributed by atoms with E-state index < -0.39 is 6.10 Å². The average Bonchev–Trinajstić information content (AvgIpc) is 2.40. The number of hydrogen-bond acceptors (Lipinski definition) is 3. The molecular formula is C13H15ClN2O3. The number of amides is 2. The molecule has 1 aromatic rings. The van der Waals surface area contributed by atoms with Crippen LogP contribution >= 0.6 is 11.6 Å². The maximum atomic E-state index is 12.1. The monoisotopic (exact) mass is 282 g/mol. The van der Waals surface area contributed by atoms with Crippen LogP contribution in [0.3, 0.4) is 0 Å². The van der Waals surface area contributed by atoms with Crippen LogP contribution < -0.4 is 10.1 Å². The van der Waals surface area contributed by atoms with Crippen molar-refractivity contribution in [3.05, 3.63) is 29.3 Å². The predicted molar refractivity (Wildman–Crippen MR) is 71.1 cm³/mol. The number of carbonyl (C=O) groups is 2. The van der Waals surface area contributed by atoms with Crippen molar-refractivity contribution in [3.63, 3.8) is 0 Å². The van der Waals surface area contributed by atoms with Gasteiger partial charge in [-0.05, 0) is 31.2 Å². The van der Waals surface area contributed by atoms with Crippen molar-refractivity contribution in [2.24, 2.45) is 0 Å². The largest absolute Gasteiger partial charge is 0.481 e. The lowest BCUT2D eigenvalue weighted by Gasteiger charge is -2.29. The summed E-state index contributed by atoms with van der Waals surface area (Å²) in [4.78, 5) is 24.8. The van der Waals surface area contributed by atoms with Crippen molar-refractivity contribution in [1.82, 2.24) is 10.2 Å². The molecule has 1 N–H and O–H groups in total. The normalized spacial score (nSPS) is 16.7. The van der Waals surface area contributed by atoms with Crippen LogP contribution in [0.4, 0.5) is 0 Å².